The minimum absolute atomic E-state index is 0.512. The van der Waals surface area contributed by atoms with E-state index >= 15 is 0 Å². The molecule has 1 aromatic carbocycles. The first-order valence-electron chi connectivity index (χ1n) is 4.30. The minimum Gasteiger partial charge on any atom is -0.305 e. The first-order chi connectivity index (χ1) is 6.79. The quantitative estimate of drug-likeness (QED) is 0.725. The zero-order chi connectivity index (χ0) is 9.97. The van der Waals surface area contributed by atoms with Crippen molar-refractivity contribution in [2.24, 2.45) is 0 Å². The van der Waals surface area contributed by atoms with Gasteiger partial charge >= 0.3 is 0 Å². The molecule has 1 N–H and O–H groups in total. The van der Waals surface area contributed by atoms with Crippen LogP contribution in [0.1, 0.15) is 12.5 Å². The summed E-state index contributed by atoms with van der Waals surface area (Å²) in [5.41, 5.74) is 2.20. The fraction of sp³-hybridized carbons (Fsp3) is 0.100. The number of benzene rings is 1. The Balaban J connectivity index is 2.58. The van der Waals surface area contributed by atoms with Crippen LogP contribution in [-0.2, 0) is 0 Å². The molecule has 0 aliphatic heterocycles. The average molecular weight is 186 g/mol. The first-order valence-corrected chi connectivity index (χ1v) is 4.30. The van der Waals surface area contributed by atoms with Crippen molar-refractivity contribution in [3.8, 4) is 5.69 Å². The molecule has 0 radical (unpaired) electrons. The van der Waals surface area contributed by atoms with Crippen molar-refractivity contribution in [3.05, 3.63) is 42.2 Å². The van der Waals surface area contributed by atoms with Gasteiger partial charge < -0.3 is 5.41 Å². The van der Waals surface area contributed by atoms with Crippen molar-refractivity contribution in [3.63, 3.8) is 0 Å². The lowest BCUT2D eigenvalue weighted by molar-refractivity contribution is 0.750. The lowest BCUT2D eigenvalue weighted by atomic mass is 10.1. The number of nitrogens with one attached hydrogen (secondary N) is 1. The Morgan fingerprint density at radius 1 is 1.21 bits per heavy atom. The predicted molar refractivity (Wildman–Crippen MR) is 53.9 cm³/mol. The van der Waals surface area contributed by atoms with Crippen molar-refractivity contribution in [2.45, 2.75) is 6.92 Å². The first kappa shape index (κ1) is 8.62. The number of hydrogen-bond acceptors (Lipinski definition) is 3. The summed E-state index contributed by atoms with van der Waals surface area (Å²) in [5.74, 6) is 0. The molecule has 0 atom stereocenters. The molecule has 0 fully saturated rings. The minimum atomic E-state index is 0.512. The van der Waals surface area contributed by atoms with Gasteiger partial charge in [0.2, 0.25) is 0 Å². The van der Waals surface area contributed by atoms with Crippen molar-refractivity contribution in [1.29, 1.82) is 5.41 Å². The standard InChI is InChI=1S/C10H10N4/c1-8(11)9-4-2-3-5-10(9)14-12-6-7-13-14/h2-7,11H,1H3. The molecule has 4 nitrogen and oxygen atoms in total. The SMILES string of the molecule is CC(=N)c1ccccc1-n1nccn1. The Hall–Kier alpha value is -1.97. The van der Waals surface area contributed by atoms with Gasteiger partial charge in [0.15, 0.2) is 0 Å². The highest BCUT2D eigenvalue weighted by Gasteiger charge is 2.05. The van der Waals surface area contributed by atoms with Crippen LogP contribution in [0.25, 0.3) is 5.69 Å². The Morgan fingerprint density at radius 2 is 1.86 bits per heavy atom. The molecule has 4 heteroatoms. The van der Waals surface area contributed by atoms with Crippen LogP contribution < -0.4 is 0 Å². The molecule has 0 unspecified atom stereocenters. The molecule has 2 aromatic rings. The summed E-state index contributed by atoms with van der Waals surface area (Å²) in [6.45, 7) is 1.75. The zero-order valence-electron chi connectivity index (χ0n) is 7.81. The molecule has 0 spiro atoms. The van der Waals surface area contributed by atoms with Gasteiger partial charge in [-0.1, -0.05) is 18.2 Å². The van der Waals surface area contributed by atoms with Gasteiger partial charge in [0.25, 0.3) is 0 Å². The van der Waals surface area contributed by atoms with Crippen LogP contribution in [0.5, 0.6) is 0 Å². The fourth-order valence-corrected chi connectivity index (χ4v) is 1.31. The number of hydrogen-bond donors (Lipinski definition) is 1. The maximum atomic E-state index is 7.61. The molecule has 1 heterocycles. The number of aromatic nitrogens is 3. The van der Waals surface area contributed by atoms with E-state index in [1.807, 2.05) is 24.3 Å². The predicted octanol–water partition coefficient (Wildman–Crippen LogP) is 1.66. The molecule has 0 saturated carbocycles. The highest BCUT2D eigenvalue weighted by atomic mass is 15.5. The molecule has 2 rings (SSSR count). The van der Waals surface area contributed by atoms with Gasteiger partial charge in [-0.15, -0.1) is 0 Å². The van der Waals surface area contributed by atoms with Gasteiger partial charge in [0.1, 0.15) is 0 Å². The Kier molecular flexibility index (Phi) is 2.10. The van der Waals surface area contributed by atoms with Crippen LogP contribution in [0.4, 0.5) is 0 Å². The molecular weight excluding hydrogens is 176 g/mol. The molecule has 1 aromatic heterocycles. The third-order valence-electron chi connectivity index (χ3n) is 1.94. The molecule has 0 bridgehead atoms. The summed E-state index contributed by atoms with van der Waals surface area (Å²) in [7, 11) is 0. The normalized spacial score (nSPS) is 10.1. The maximum absolute atomic E-state index is 7.61. The molecular formula is C10H10N4. The van der Waals surface area contributed by atoms with E-state index in [4.69, 9.17) is 5.41 Å². The fourth-order valence-electron chi connectivity index (χ4n) is 1.31. The van der Waals surface area contributed by atoms with E-state index < -0.39 is 0 Å². The van der Waals surface area contributed by atoms with Gasteiger partial charge in [-0.3, -0.25) is 0 Å². The average Bonchev–Trinajstić information content (AvgIpc) is 2.70. The lowest BCUT2D eigenvalue weighted by Crippen LogP contribution is -2.05. The van der Waals surface area contributed by atoms with Gasteiger partial charge in [-0.05, 0) is 13.0 Å². The summed E-state index contributed by atoms with van der Waals surface area (Å²) >= 11 is 0. The van der Waals surface area contributed by atoms with Crippen molar-refractivity contribution in [1.82, 2.24) is 15.0 Å². The largest absolute Gasteiger partial charge is 0.305 e. The third-order valence-corrected chi connectivity index (χ3v) is 1.94. The second kappa shape index (κ2) is 3.41. The van der Waals surface area contributed by atoms with E-state index in [0.717, 1.165) is 11.3 Å². The molecule has 0 aliphatic carbocycles. The number of para-hydroxylation sites is 1. The smallest absolute Gasteiger partial charge is 0.0946 e. The van der Waals surface area contributed by atoms with Crippen LogP contribution in [0.2, 0.25) is 0 Å². The number of nitrogens with zero attached hydrogens (tertiary/aromatic N) is 3. The van der Waals surface area contributed by atoms with Crippen molar-refractivity contribution >= 4 is 5.71 Å². The number of rotatable bonds is 2. The zero-order valence-corrected chi connectivity index (χ0v) is 7.81. The van der Waals surface area contributed by atoms with Crippen LogP contribution in [0, 0.1) is 5.41 Å². The topological polar surface area (TPSA) is 54.6 Å². The Morgan fingerprint density at radius 3 is 2.50 bits per heavy atom. The van der Waals surface area contributed by atoms with Crippen molar-refractivity contribution in [2.75, 3.05) is 0 Å². The van der Waals surface area contributed by atoms with E-state index in [0.29, 0.717) is 5.71 Å². The molecule has 0 aliphatic rings. The summed E-state index contributed by atoms with van der Waals surface area (Å²) in [6.07, 6.45) is 3.24. The van der Waals surface area contributed by atoms with E-state index in [9.17, 15) is 0 Å². The third kappa shape index (κ3) is 1.42. The van der Waals surface area contributed by atoms with Crippen LogP contribution in [0.15, 0.2) is 36.7 Å². The second-order valence-electron chi connectivity index (χ2n) is 2.96. The van der Waals surface area contributed by atoms with E-state index in [-0.39, 0.29) is 0 Å². The van der Waals surface area contributed by atoms with Crippen LogP contribution in [0.3, 0.4) is 0 Å². The van der Waals surface area contributed by atoms with E-state index in [1.54, 1.807) is 19.3 Å². The molecule has 70 valence electrons. The van der Waals surface area contributed by atoms with Gasteiger partial charge in [-0.2, -0.15) is 15.0 Å². The second-order valence-corrected chi connectivity index (χ2v) is 2.96. The molecule has 14 heavy (non-hydrogen) atoms. The van der Waals surface area contributed by atoms with Gasteiger partial charge in [0.05, 0.1) is 18.1 Å². The summed E-state index contributed by atoms with van der Waals surface area (Å²) in [4.78, 5) is 1.52. The van der Waals surface area contributed by atoms with Gasteiger partial charge in [0, 0.05) is 11.3 Å². The van der Waals surface area contributed by atoms with Crippen molar-refractivity contribution < 1.29 is 0 Å². The summed E-state index contributed by atoms with van der Waals surface area (Å²) in [5, 5.41) is 15.7. The van der Waals surface area contributed by atoms with E-state index in [2.05, 4.69) is 10.2 Å². The maximum Gasteiger partial charge on any atom is 0.0946 e. The Bertz CT molecular complexity index is 445. The summed E-state index contributed by atoms with van der Waals surface area (Å²) < 4.78 is 0. The van der Waals surface area contributed by atoms with Crippen LogP contribution in [-0.4, -0.2) is 20.7 Å². The lowest BCUT2D eigenvalue weighted by Gasteiger charge is -2.05. The van der Waals surface area contributed by atoms with E-state index in [1.165, 1.54) is 4.80 Å². The monoisotopic (exact) mass is 186 g/mol. The summed E-state index contributed by atoms with van der Waals surface area (Å²) in [6, 6.07) is 7.60. The highest BCUT2D eigenvalue weighted by molar-refractivity contribution is 5.99. The van der Waals surface area contributed by atoms with Crippen LogP contribution >= 0.6 is 0 Å². The molecule has 0 saturated heterocycles. The van der Waals surface area contributed by atoms with Gasteiger partial charge in [-0.25, -0.2) is 0 Å². The highest BCUT2D eigenvalue weighted by Crippen LogP contribution is 2.12. The molecule has 0 amide bonds. The Labute approximate surface area is 81.7 Å².